The first-order valence-corrected chi connectivity index (χ1v) is 11.9. The highest BCUT2D eigenvalue weighted by molar-refractivity contribution is 8.18. The van der Waals surface area contributed by atoms with Gasteiger partial charge in [0, 0.05) is 37.8 Å². The van der Waals surface area contributed by atoms with Crippen molar-refractivity contribution in [3.8, 4) is 0 Å². The molecule has 0 unspecified atom stereocenters. The number of aryl methyl sites for hydroxylation is 1. The summed E-state index contributed by atoms with van der Waals surface area (Å²) in [7, 11) is 0. The Labute approximate surface area is 206 Å². The van der Waals surface area contributed by atoms with Crippen LogP contribution < -0.4 is 10.2 Å². The molecule has 1 N–H and O–H groups in total. The number of imide groups is 1. The van der Waals surface area contributed by atoms with Gasteiger partial charge < -0.3 is 15.0 Å². The summed E-state index contributed by atoms with van der Waals surface area (Å²) < 4.78 is 5.29. The standard InChI is InChI=1S/C24H24N4O6S/c1-16-2-4-17(5-3-16)14-21-23(30)27(24(31)35-21)9-8-25-22(29)18-6-7-19(20(15-18)28(32)33)26-10-12-34-13-11-26/h2-7,14-15H,8-13H2,1H3,(H,25,29). The van der Waals surface area contributed by atoms with E-state index in [1.54, 1.807) is 12.1 Å². The number of rotatable bonds is 7. The fourth-order valence-electron chi connectivity index (χ4n) is 3.77. The zero-order chi connectivity index (χ0) is 24.9. The van der Waals surface area contributed by atoms with Crippen molar-refractivity contribution in [2.75, 3.05) is 44.3 Å². The molecule has 2 heterocycles. The zero-order valence-electron chi connectivity index (χ0n) is 19.1. The molecule has 2 aliphatic heterocycles. The normalized spacial score (nSPS) is 17.2. The van der Waals surface area contributed by atoms with Crippen molar-refractivity contribution in [1.29, 1.82) is 0 Å². The number of carbonyl (C=O) groups is 3. The Bertz CT molecular complexity index is 1190. The Balaban J connectivity index is 1.37. The van der Waals surface area contributed by atoms with Crippen molar-refractivity contribution in [3.63, 3.8) is 0 Å². The van der Waals surface area contributed by atoms with Gasteiger partial charge in [0.2, 0.25) is 0 Å². The van der Waals surface area contributed by atoms with Gasteiger partial charge in [-0.2, -0.15) is 0 Å². The zero-order valence-corrected chi connectivity index (χ0v) is 19.9. The molecule has 2 aromatic carbocycles. The molecule has 0 spiro atoms. The number of hydrogen-bond donors (Lipinski definition) is 1. The molecule has 3 amide bonds. The van der Waals surface area contributed by atoms with Crippen LogP contribution in [0.15, 0.2) is 47.4 Å². The highest BCUT2D eigenvalue weighted by Crippen LogP contribution is 2.32. The molecular weight excluding hydrogens is 472 g/mol. The van der Waals surface area contributed by atoms with Crippen molar-refractivity contribution in [1.82, 2.24) is 10.2 Å². The van der Waals surface area contributed by atoms with Crippen molar-refractivity contribution >= 4 is 46.3 Å². The van der Waals surface area contributed by atoms with Crippen LogP contribution >= 0.6 is 11.8 Å². The smallest absolute Gasteiger partial charge is 0.293 e. The number of amides is 3. The maximum atomic E-state index is 12.7. The monoisotopic (exact) mass is 496 g/mol. The largest absolute Gasteiger partial charge is 0.378 e. The Hall–Kier alpha value is -3.70. The summed E-state index contributed by atoms with van der Waals surface area (Å²) in [6.45, 7) is 4.00. The van der Waals surface area contributed by atoms with E-state index in [-0.39, 0.29) is 24.3 Å². The molecule has 11 heteroatoms. The number of benzene rings is 2. The third-order valence-electron chi connectivity index (χ3n) is 5.66. The lowest BCUT2D eigenvalue weighted by Crippen LogP contribution is -2.37. The number of nitro groups is 1. The van der Waals surface area contributed by atoms with Gasteiger partial charge in [-0.15, -0.1) is 0 Å². The maximum absolute atomic E-state index is 12.7. The summed E-state index contributed by atoms with van der Waals surface area (Å²) in [5.74, 6) is -0.941. The second-order valence-corrected chi connectivity index (χ2v) is 9.05. The SMILES string of the molecule is Cc1ccc(C=C2SC(=O)N(CCNC(=O)c3ccc(N4CCOCC4)c([N+](=O)[O-])c3)C2=O)cc1. The minimum absolute atomic E-state index is 0.00437. The molecule has 0 saturated carbocycles. The van der Waals surface area contributed by atoms with Gasteiger partial charge in [0.05, 0.1) is 23.0 Å². The second-order valence-electron chi connectivity index (χ2n) is 8.06. The first-order valence-electron chi connectivity index (χ1n) is 11.0. The Morgan fingerprint density at radius 2 is 1.89 bits per heavy atom. The van der Waals surface area contributed by atoms with E-state index in [0.717, 1.165) is 27.8 Å². The van der Waals surface area contributed by atoms with E-state index in [1.807, 2.05) is 36.1 Å². The molecule has 2 aromatic rings. The fourth-order valence-corrected chi connectivity index (χ4v) is 4.64. The molecule has 0 bridgehead atoms. The molecule has 2 aliphatic rings. The maximum Gasteiger partial charge on any atom is 0.293 e. The van der Waals surface area contributed by atoms with Crippen molar-refractivity contribution < 1.29 is 24.0 Å². The summed E-state index contributed by atoms with van der Waals surface area (Å²) in [4.78, 5) is 51.9. The van der Waals surface area contributed by atoms with E-state index >= 15 is 0 Å². The molecule has 2 saturated heterocycles. The molecule has 0 aromatic heterocycles. The third-order valence-corrected chi connectivity index (χ3v) is 6.56. The minimum Gasteiger partial charge on any atom is -0.378 e. The van der Waals surface area contributed by atoms with Crippen LogP contribution in [0.5, 0.6) is 0 Å². The predicted octanol–water partition coefficient (Wildman–Crippen LogP) is 3.21. The van der Waals surface area contributed by atoms with Crippen LogP contribution in [0.3, 0.4) is 0 Å². The van der Waals surface area contributed by atoms with Crippen LogP contribution in [0.1, 0.15) is 21.5 Å². The molecule has 0 aliphatic carbocycles. The third kappa shape index (κ3) is 5.69. The van der Waals surface area contributed by atoms with E-state index in [2.05, 4.69) is 5.32 Å². The highest BCUT2D eigenvalue weighted by atomic mass is 32.2. The van der Waals surface area contributed by atoms with Gasteiger partial charge in [-0.1, -0.05) is 29.8 Å². The van der Waals surface area contributed by atoms with E-state index in [0.29, 0.717) is 36.9 Å². The number of nitro benzene ring substituents is 1. The van der Waals surface area contributed by atoms with Crippen LogP contribution in [0.25, 0.3) is 6.08 Å². The molecule has 0 atom stereocenters. The van der Waals surface area contributed by atoms with Gasteiger partial charge in [0.25, 0.3) is 22.7 Å². The average Bonchev–Trinajstić information content (AvgIpc) is 3.12. The Kier molecular flexibility index (Phi) is 7.47. The van der Waals surface area contributed by atoms with Crippen LogP contribution in [-0.4, -0.2) is 66.3 Å². The van der Waals surface area contributed by atoms with Gasteiger partial charge in [-0.05, 0) is 42.5 Å². The number of nitrogens with one attached hydrogen (secondary N) is 1. The van der Waals surface area contributed by atoms with Gasteiger partial charge >= 0.3 is 0 Å². The van der Waals surface area contributed by atoms with Crippen LogP contribution in [0.4, 0.5) is 16.2 Å². The number of hydrogen-bond acceptors (Lipinski definition) is 8. The fraction of sp³-hybridized carbons (Fsp3) is 0.292. The number of anilines is 1. The number of carbonyl (C=O) groups excluding carboxylic acids is 3. The molecule has 0 radical (unpaired) electrons. The lowest BCUT2D eigenvalue weighted by Gasteiger charge is -2.28. The van der Waals surface area contributed by atoms with Crippen LogP contribution in [0.2, 0.25) is 0 Å². The summed E-state index contributed by atoms with van der Waals surface area (Å²) >= 11 is 0.854. The van der Waals surface area contributed by atoms with Gasteiger partial charge in [-0.25, -0.2) is 0 Å². The number of ether oxygens (including phenoxy) is 1. The highest BCUT2D eigenvalue weighted by Gasteiger charge is 2.34. The van der Waals surface area contributed by atoms with Gasteiger partial charge in [-0.3, -0.25) is 29.4 Å². The van der Waals surface area contributed by atoms with Gasteiger partial charge in [0.15, 0.2) is 0 Å². The first-order chi connectivity index (χ1) is 16.8. The quantitative estimate of drug-likeness (QED) is 0.352. The lowest BCUT2D eigenvalue weighted by molar-refractivity contribution is -0.384. The Morgan fingerprint density at radius 3 is 2.57 bits per heavy atom. The predicted molar refractivity (Wildman–Crippen MR) is 132 cm³/mol. The number of nitrogens with zero attached hydrogens (tertiary/aromatic N) is 3. The lowest BCUT2D eigenvalue weighted by atomic mass is 10.1. The number of morpholine rings is 1. The van der Waals surface area contributed by atoms with Crippen molar-refractivity contribution in [3.05, 3.63) is 74.2 Å². The van der Waals surface area contributed by atoms with Crippen molar-refractivity contribution in [2.24, 2.45) is 0 Å². The van der Waals surface area contributed by atoms with Crippen molar-refractivity contribution in [2.45, 2.75) is 6.92 Å². The summed E-state index contributed by atoms with van der Waals surface area (Å²) in [5.41, 5.74) is 2.31. The van der Waals surface area contributed by atoms with Crippen LogP contribution in [0, 0.1) is 17.0 Å². The van der Waals surface area contributed by atoms with Gasteiger partial charge in [0.1, 0.15) is 5.69 Å². The summed E-state index contributed by atoms with van der Waals surface area (Å²) in [5, 5.41) is 13.8. The topological polar surface area (TPSA) is 122 Å². The van der Waals surface area contributed by atoms with E-state index in [4.69, 9.17) is 4.74 Å². The minimum atomic E-state index is -0.524. The average molecular weight is 497 g/mol. The first kappa shape index (κ1) is 24.4. The Morgan fingerprint density at radius 1 is 1.17 bits per heavy atom. The molecular formula is C24H24N4O6S. The molecule has 35 heavy (non-hydrogen) atoms. The molecule has 4 rings (SSSR count). The van der Waals surface area contributed by atoms with E-state index < -0.39 is 22.0 Å². The molecule has 2 fully saturated rings. The second kappa shape index (κ2) is 10.7. The number of thioether (sulfide) groups is 1. The molecule has 182 valence electrons. The molecule has 10 nitrogen and oxygen atoms in total. The summed E-state index contributed by atoms with van der Waals surface area (Å²) in [6, 6.07) is 11.9. The van der Waals surface area contributed by atoms with E-state index in [9.17, 15) is 24.5 Å². The summed E-state index contributed by atoms with van der Waals surface area (Å²) in [6.07, 6.45) is 1.66. The van der Waals surface area contributed by atoms with Crippen LogP contribution in [-0.2, 0) is 9.53 Å². The van der Waals surface area contributed by atoms with E-state index in [1.165, 1.54) is 12.1 Å².